The van der Waals surface area contributed by atoms with Crippen molar-refractivity contribution in [2.75, 3.05) is 6.61 Å². The van der Waals surface area contributed by atoms with Crippen molar-refractivity contribution in [2.24, 2.45) is 0 Å². The number of benzene rings is 2. The Kier molecular flexibility index (Phi) is 6.53. The fourth-order valence-electron chi connectivity index (χ4n) is 5.28. The van der Waals surface area contributed by atoms with Crippen molar-refractivity contribution in [1.82, 2.24) is 14.9 Å². The zero-order chi connectivity index (χ0) is 26.1. The van der Waals surface area contributed by atoms with E-state index in [0.717, 1.165) is 50.6 Å². The second kappa shape index (κ2) is 9.93. The van der Waals surface area contributed by atoms with E-state index in [2.05, 4.69) is 22.4 Å². The highest BCUT2D eigenvalue weighted by Crippen LogP contribution is 2.44. The molecule has 2 heterocycles. The number of amides is 1. The summed E-state index contributed by atoms with van der Waals surface area (Å²) in [7, 11) is 0. The van der Waals surface area contributed by atoms with Crippen LogP contribution in [0.3, 0.4) is 0 Å². The molecule has 2 aromatic carbocycles. The van der Waals surface area contributed by atoms with Crippen LogP contribution < -0.4 is 5.32 Å². The van der Waals surface area contributed by atoms with E-state index in [0.29, 0.717) is 0 Å². The molecule has 7 nitrogen and oxygen atoms in total. The van der Waals surface area contributed by atoms with E-state index in [4.69, 9.17) is 4.74 Å². The molecular formula is C30H29N3O4. The molecule has 0 radical (unpaired) electrons. The summed E-state index contributed by atoms with van der Waals surface area (Å²) >= 11 is 0. The average molecular weight is 496 g/mol. The molecule has 0 saturated carbocycles. The zero-order valence-corrected chi connectivity index (χ0v) is 21.1. The Bertz CT molecular complexity index is 1440. The minimum Gasteiger partial charge on any atom is -0.480 e. The SMILES string of the molecule is Cc1cccnc1-n1c(C)cc(CC(NC(=O)OCC2c3ccccc3-c3ccccc32)C(=O)O)c1C. The fourth-order valence-corrected chi connectivity index (χ4v) is 5.28. The molecule has 0 saturated heterocycles. The first-order valence-electron chi connectivity index (χ1n) is 12.3. The number of rotatable bonds is 7. The van der Waals surface area contributed by atoms with Crippen LogP contribution in [0.4, 0.5) is 4.79 Å². The van der Waals surface area contributed by atoms with Crippen LogP contribution in [0.15, 0.2) is 72.9 Å². The minimum absolute atomic E-state index is 0.0954. The lowest BCUT2D eigenvalue weighted by Gasteiger charge is -2.18. The molecule has 0 bridgehead atoms. The van der Waals surface area contributed by atoms with Gasteiger partial charge in [0.05, 0.1) is 0 Å². The summed E-state index contributed by atoms with van der Waals surface area (Å²) in [6, 6.07) is 20.8. The zero-order valence-electron chi connectivity index (χ0n) is 21.1. The number of alkyl carbamates (subject to hydrolysis) is 1. The Labute approximate surface area is 215 Å². The van der Waals surface area contributed by atoms with Gasteiger partial charge in [-0.05, 0) is 66.3 Å². The van der Waals surface area contributed by atoms with Gasteiger partial charge in [0.25, 0.3) is 0 Å². The lowest BCUT2D eigenvalue weighted by atomic mass is 9.98. The Hall–Kier alpha value is -4.39. The number of hydrogen-bond donors (Lipinski definition) is 2. The smallest absolute Gasteiger partial charge is 0.407 e. The number of aliphatic carboxylic acids is 1. The van der Waals surface area contributed by atoms with Crippen LogP contribution in [-0.4, -0.2) is 39.4 Å². The molecule has 0 aliphatic heterocycles. The molecule has 7 heteroatoms. The molecule has 0 fully saturated rings. The second-order valence-corrected chi connectivity index (χ2v) is 9.44. The molecule has 5 rings (SSSR count). The van der Waals surface area contributed by atoms with Crippen LogP contribution >= 0.6 is 0 Å². The van der Waals surface area contributed by atoms with E-state index in [1.807, 2.05) is 79.9 Å². The quantitative estimate of drug-likeness (QED) is 0.361. The van der Waals surface area contributed by atoms with Crippen molar-refractivity contribution >= 4 is 12.1 Å². The summed E-state index contributed by atoms with van der Waals surface area (Å²) in [5.74, 6) is -0.408. The topological polar surface area (TPSA) is 93.5 Å². The van der Waals surface area contributed by atoms with E-state index in [9.17, 15) is 14.7 Å². The van der Waals surface area contributed by atoms with E-state index < -0.39 is 18.1 Å². The number of carboxylic acids is 1. The number of fused-ring (bicyclic) bond motifs is 3. The van der Waals surface area contributed by atoms with Crippen molar-refractivity contribution in [2.45, 2.75) is 39.2 Å². The van der Waals surface area contributed by atoms with Crippen molar-refractivity contribution in [3.8, 4) is 16.9 Å². The predicted octanol–water partition coefficient (Wildman–Crippen LogP) is 5.33. The summed E-state index contributed by atoms with van der Waals surface area (Å²) in [5, 5.41) is 12.4. The Balaban J connectivity index is 1.29. The first-order valence-corrected chi connectivity index (χ1v) is 12.3. The van der Waals surface area contributed by atoms with E-state index >= 15 is 0 Å². The molecule has 188 valence electrons. The summed E-state index contributed by atoms with van der Waals surface area (Å²) in [4.78, 5) is 29.3. The van der Waals surface area contributed by atoms with Crippen molar-refractivity contribution in [1.29, 1.82) is 0 Å². The van der Waals surface area contributed by atoms with E-state index in [1.165, 1.54) is 0 Å². The maximum absolute atomic E-state index is 12.7. The third-order valence-corrected chi connectivity index (χ3v) is 7.09. The molecule has 1 unspecified atom stereocenters. The summed E-state index contributed by atoms with van der Waals surface area (Å²) in [5.41, 5.74) is 8.14. The molecule has 1 atom stereocenters. The van der Waals surface area contributed by atoms with Gasteiger partial charge in [0.15, 0.2) is 0 Å². The maximum Gasteiger partial charge on any atom is 0.407 e. The third-order valence-electron chi connectivity index (χ3n) is 7.09. The summed E-state index contributed by atoms with van der Waals surface area (Å²) in [6.45, 7) is 6.00. The number of carbonyl (C=O) groups is 2. The van der Waals surface area contributed by atoms with Gasteiger partial charge in [-0.2, -0.15) is 0 Å². The largest absolute Gasteiger partial charge is 0.480 e. The second-order valence-electron chi connectivity index (χ2n) is 9.44. The first-order chi connectivity index (χ1) is 17.8. The van der Waals surface area contributed by atoms with Crippen LogP contribution in [-0.2, 0) is 16.0 Å². The van der Waals surface area contributed by atoms with Gasteiger partial charge in [0, 0.05) is 29.9 Å². The van der Waals surface area contributed by atoms with Crippen molar-refractivity contribution in [3.05, 3.63) is 107 Å². The number of aromatic nitrogens is 2. The van der Waals surface area contributed by atoms with Crippen LogP contribution in [0.2, 0.25) is 0 Å². The standard InChI is InChI=1S/C30H29N3O4/c1-18-9-8-14-31-28(18)33-19(2)15-21(20(33)3)16-27(29(34)35)32-30(36)37-17-26-24-12-6-4-10-22(24)23-11-5-7-13-25(23)26/h4-15,26-27H,16-17H2,1-3H3,(H,32,36)(H,34,35). The van der Waals surface area contributed by atoms with Gasteiger partial charge in [-0.1, -0.05) is 54.6 Å². The monoisotopic (exact) mass is 495 g/mol. The summed E-state index contributed by atoms with van der Waals surface area (Å²) < 4.78 is 7.58. The number of nitrogens with zero attached hydrogens (tertiary/aromatic N) is 2. The Morgan fingerprint density at radius 3 is 2.27 bits per heavy atom. The highest BCUT2D eigenvalue weighted by molar-refractivity contribution is 5.81. The van der Waals surface area contributed by atoms with Gasteiger partial charge < -0.3 is 19.7 Å². The lowest BCUT2D eigenvalue weighted by molar-refractivity contribution is -0.139. The molecular weight excluding hydrogens is 466 g/mol. The van der Waals surface area contributed by atoms with Gasteiger partial charge in [-0.25, -0.2) is 14.6 Å². The number of aryl methyl sites for hydroxylation is 2. The Morgan fingerprint density at radius 2 is 1.65 bits per heavy atom. The Morgan fingerprint density at radius 1 is 1.00 bits per heavy atom. The van der Waals surface area contributed by atoms with Crippen molar-refractivity contribution in [3.63, 3.8) is 0 Å². The minimum atomic E-state index is -1.13. The first kappa shape index (κ1) is 24.3. The summed E-state index contributed by atoms with van der Waals surface area (Å²) in [6.07, 6.45) is 1.12. The fraction of sp³-hybridized carbons (Fsp3) is 0.233. The number of carboxylic acid groups (broad SMARTS) is 1. The normalized spacial score (nSPS) is 13.1. The molecule has 2 aromatic heterocycles. The number of pyridine rings is 1. The van der Waals surface area contributed by atoms with E-state index in [-0.39, 0.29) is 18.9 Å². The van der Waals surface area contributed by atoms with Gasteiger partial charge >= 0.3 is 12.1 Å². The molecule has 2 N–H and O–H groups in total. The lowest BCUT2D eigenvalue weighted by Crippen LogP contribution is -2.43. The van der Waals surface area contributed by atoms with Gasteiger partial charge in [0.2, 0.25) is 0 Å². The predicted molar refractivity (Wildman–Crippen MR) is 141 cm³/mol. The molecule has 1 aliphatic rings. The van der Waals surface area contributed by atoms with E-state index in [1.54, 1.807) is 6.20 Å². The van der Waals surface area contributed by atoms with Gasteiger partial charge in [-0.15, -0.1) is 0 Å². The van der Waals surface area contributed by atoms with Gasteiger partial charge in [-0.3, -0.25) is 0 Å². The number of hydrogen-bond acceptors (Lipinski definition) is 4. The van der Waals surface area contributed by atoms with Gasteiger partial charge in [0.1, 0.15) is 18.5 Å². The molecule has 0 spiro atoms. The molecule has 1 amide bonds. The van der Waals surface area contributed by atoms with Crippen LogP contribution in [0, 0.1) is 20.8 Å². The number of ether oxygens (including phenoxy) is 1. The van der Waals surface area contributed by atoms with Crippen LogP contribution in [0.25, 0.3) is 16.9 Å². The maximum atomic E-state index is 12.7. The van der Waals surface area contributed by atoms with Crippen molar-refractivity contribution < 1.29 is 19.4 Å². The average Bonchev–Trinajstić information content (AvgIpc) is 3.35. The number of carbonyl (C=O) groups excluding carboxylic acids is 1. The highest BCUT2D eigenvalue weighted by Gasteiger charge is 2.30. The number of nitrogens with one attached hydrogen (secondary N) is 1. The highest BCUT2D eigenvalue weighted by atomic mass is 16.5. The van der Waals surface area contributed by atoms with Crippen LogP contribution in [0.1, 0.15) is 39.6 Å². The molecule has 1 aliphatic carbocycles. The molecule has 37 heavy (non-hydrogen) atoms. The third kappa shape index (κ3) is 4.60. The van der Waals surface area contributed by atoms with Crippen LogP contribution in [0.5, 0.6) is 0 Å². The molecule has 4 aromatic rings.